The molecule has 0 bridgehead atoms. The molecule has 2 aromatic carbocycles. The zero-order valence-electron chi connectivity index (χ0n) is 22.2. The van der Waals surface area contributed by atoms with Crippen molar-refractivity contribution in [3.05, 3.63) is 46.1 Å². The Balaban J connectivity index is 1.86. The van der Waals surface area contributed by atoms with E-state index in [1.165, 1.54) is 40.6 Å². The van der Waals surface area contributed by atoms with Gasteiger partial charge in [-0.15, -0.1) is 0 Å². The van der Waals surface area contributed by atoms with Crippen molar-refractivity contribution in [2.45, 2.75) is 30.5 Å². The second-order valence-corrected chi connectivity index (χ2v) is 8.87. The van der Waals surface area contributed by atoms with E-state index >= 15 is 0 Å². The summed E-state index contributed by atoms with van der Waals surface area (Å²) in [6.45, 7) is -1.21. The predicted octanol–water partition coefficient (Wildman–Crippen LogP) is 1.10. The molecule has 1 aromatic heterocycles. The number of benzene rings is 2. The number of ether oxygens (including phenoxy) is 5. The van der Waals surface area contributed by atoms with Crippen molar-refractivity contribution in [3.8, 4) is 34.3 Å². The van der Waals surface area contributed by atoms with Crippen LogP contribution in [-0.2, 0) is 9.53 Å². The van der Waals surface area contributed by atoms with Crippen LogP contribution in [-0.4, -0.2) is 87.3 Å². The number of amides is 1. The molecule has 0 spiro atoms. The smallest absolute Gasteiger partial charge is 0.252 e. The van der Waals surface area contributed by atoms with Gasteiger partial charge in [-0.05, 0) is 18.2 Å². The van der Waals surface area contributed by atoms with Gasteiger partial charge < -0.3 is 48.7 Å². The van der Waals surface area contributed by atoms with Crippen LogP contribution in [0, 0.1) is 0 Å². The maximum Gasteiger partial charge on any atom is 0.252 e. The molecule has 1 aliphatic rings. The zero-order chi connectivity index (χ0) is 29.1. The molecular weight excluding hydrogens is 533 g/mol. The molecule has 5 atom stereocenters. The molecule has 40 heavy (non-hydrogen) atoms. The summed E-state index contributed by atoms with van der Waals surface area (Å²) in [5, 5.41) is 34.0. The Morgan fingerprint density at radius 3 is 2.25 bits per heavy atom. The van der Waals surface area contributed by atoms with Gasteiger partial charge in [-0.3, -0.25) is 9.59 Å². The Kier molecular flexibility index (Phi) is 8.79. The molecule has 4 rings (SSSR count). The number of aliphatic hydroxyl groups excluding tert-OH is 3. The summed E-state index contributed by atoms with van der Waals surface area (Å²) in [7, 11) is 5.55. The van der Waals surface area contributed by atoms with Crippen LogP contribution in [0.1, 0.15) is 11.7 Å². The maximum absolute atomic E-state index is 13.4. The number of fused-ring (bicyclic) bond motifs is 1. The number of rotatable bonds is 9. The SMILES string of the molecule is COc1ccc(-c2cc(=O)c3c(OC)c(C4OC(C(=O)NCCF)C(O)C(O)C4O)c(OC)cc3o2)cc1OC. The summed E-state index contributed by atoms with van der Waals surface area (Å²) in [5.74, 6) is 0.135. The Labute approximate surface area is 227 Å². The maximum atomic E-state index is 13.4. The summed E-state index contributed by atoms with van der Waals surface area (Å²) in [6.07, 6.45) is -8.60. The molecule has 0 radical (unpaired) electrons. The molecule has 0 aliphatic carbocycles. The van der Waals surface area contributed by atoms with E-state index in [9.17, 15) is 29.3 Å². The minimum absolute atomic E-state index is 0.00888. The zero-order valence-corrected chi connectivity index (χ0v) is 22.2. The van der Waals surface area contributed by atoms with Crippen molar-refractivity contribution in [2.24, 2.45) is 0 Å². The van der Waals surface area contributed by atoms with Crippen LogP contribution < -0.4 is 29.7 Å². The normalized spacial score (nSPS) is 22.6. The molecule has 5 unspecified atom stereocenters. The van der Waals surface area contributed by atoms with Crippen LogP contribution in [0.15, 0.2) is 39.5 Å². The Morgan fingerprint density at radius 2 is 1.62 bits per heavy atom. The molecule has 1 saturated heterocycles. The second kappa shape index (κ2) is 12.1. The van der Waals surface area contributed by atoms with Crippen molar-refractivity contribution >= 4 is 16.9 Å². The van der Waals surface area contributed by atoms with Crippen LogP contribution in [0.3, 0.4) is 0 Å². The van der Waals surface area contributed by atoms with E-state index in [1.807, 2.05) is 0 Å². The number of carbonyl (C=O) groups excluding carboxylic acids is 1. The van der Waals surface area contributed by atoms with Crippen molar-refractivity contribution in [3.63, 3.8) is 0 Å². The van der Waals surface area contributed by atoms with E-state index in [-0.39, 0.29) is 40.3 Å². The Bertz CT molecular complexity index is 1440. The highest BCUT2D eigenvalue weighted by atomic mass is 19.1. The number of nitrogens with one attached hydrogen (secondary N) is 1. The number of hydrogen-bond acceptors (Lipinski definition) is 11. The highest BCUT2D eigenvalue weighted by Crippen LogP contribution is 2.46. The molecule has 13 heteroatoms. The molecule has 0 saturated carbocycles. The lowest BCUT2D eigenvalue weighted by Gasteiger charge is -2.40. The third kappa shape index (κ3) is 5.16. The summed E-state index contributed by atoms with van der Waals surface area (Å²) in [5.41, 5.74) is 0.0575. The molecule has 1 amide bonds. The molecule has 12 nitrogen and oxygen atoms in total. The number of alkyl halides is 1. The largest absolute Gasteiger partial charge is 0.496 e. The van der Waals surface area contributed by atoms with Crippen LogP contribution in [0.5, 0.6) is 23.0 Å². The van der Waals surface area contributed by atoms with Gasteiger partial charge in [-0.2, -0.15) is 0 Å². The highest BCUT2D eigenvalue weighted by Gasteiger charge is 2.49. The van der Waals surface area contributed by atoms with Crippen LogP contribution in [0.4, 0.5) is 4.39 Å². The van der Waals surface area contributed by atoms with Gasteiger partial charge in [0.2, 0.25) is 0 Å². The number of halogens is 1. The number of aliphatic hydroxyl groups is 3. The van der Waals surface area contributed by atoms with E-state index in [2.05, 4.69) is 5.32 Å². The quantitative estimate of drug-likeness (QED) is 0.295. The molecular formula is C27H30FNO11. The monoisotopic (exact) mass is 563 g/mol. The minimum atomic E-state index is -1.84. The van der Waals surface area contributed by atoms with Gasteiger partial charge in [0, 0.05) is 24.2 Å². The average molecular weight is 564 g/mol. The fourth-order valence-corrected chi connectivity index (χ4v) is 4.67. The number of carbonyl (C=O) groups is 1. The van der Waals surface area contributed by atoms with Crippen molar-refractivity contribution in [1.29, 1.82) is 0 Å². The fraction of sp³-hybridized carbons (Fsp3) is 0.407. The van der Waals surface area contributed by atoms with E-state index in [4.69, 9.17) is 28.1 Å². The lowest BCUT2D eigenvalue weighted by molar-refractivity contribution is -0.223. The Hall–Kier alpha value is -3.91. The first kappa shape index (κ1) is 29.1. The first-order valence-corrected chi connectivity index (χ1v) is 12.2. The van der Waals surface area contributed by atoms with Crippen LogP contribution in [0.2, 0.25) is 0 Å². The van der Waals surface area contributed by atoms with Gasteiger partial charge >= 0.3 is 0 Å². The summed E-state index contributed by atoms with van der Waals surface area (Å²) >= 11 is 0. The average Bonchev–Trinajstić information content (AvgIpc) is 2.97. The second-order valence-electron chi connectivity index (χ2n) is 8.87. The van der Waals surface area contributed by atoms with Gasteiger partial charge in [-0.25, -0.2) is 4.39 Å². The molecule has 3 aromatic rings. The minimum Gasteiger partial charge on any atom is -0.496 e. The summed E-state index contributed by atoms with van der Waals surface area (Å²) in [4.78, 5) is 26.0. The Morgan fingerprint density at radius 1 is 0.925 bits per heavy atom. The highest BCUT2D eigenvalue weighted by molar-refractivity contribution is 5.89. The fourth-order valence-electron chi connectivity index (χ4n) is 4.67. The van der Waals surface area contributed by atoms with E-state index in [1.54, 1.807) is 18.2 Å². The third-order valence-electron chi connectivity index (χ3n) is 6.62. The number of hydrogen-bond donors (Lipinski definition) is 4. The van der Waals surface area contributed by atoms with Gasteiger partial charge in [0.05, 0.1) is 34.0 Å². The number of methoxy groups -OCH3 is 4. The van der Waals surface area contributed by atoms with Gasteiger partial charge in [0.1, 0.15) is 59.3 Å². The van der Waals surface area contributed by atoms with Crippen molar-refractivity contribution in [1.82, 2.24) is 5.32 Å². The van der Waals surface area contributed by atoms with Crippen molar-refractivity contribution in [2.75, 3.05) is 41.7 Å². The van der Waals surface area contributed by atoms with Crippen LogP contribution >= 0.6 is 0 Å². The standard InChI is InChI=1S/C27H30FNO11/c1-35-14-6-5-12(9-16(14)36-2)15-10-13(30)19-18(39-15)11-17(37-3)20(24(19)38-4)25-22(32)21(31)23(33)26(40-25)27(34)29-8-7-28/h5-6,9-11,21-23,25-26,31-33H,7-8H2,1-4H3,(H,29,34). The summed E-state index contributed by atoms with van der Waals surface area (Å²) < 4.78 is 46.0. The first-order valence-electron chi connectivity index (χ1n) is 12.2. The molecule has 216 valence electrons. The van der Waals surface area contributed by atoms with Crippen LogP contribution in [0.25, 0.3) is 22.3 Å². The lowest BCUT2D eigenvalue weighted by atomic mass is 9.89. The van der Waals surface area contributed by atoms with E-state index in [0.29, 0.717) is 17.1 Å². The van der Waals surface area contributed by atoms with Gasteiger partial charge in [0.25, 0.3) is 5.91 Å². The third-order valence-corrected chi connectivity index (χ3v) is 6.62. The van der Waals surface area contributed by atoms with E-state index in [0.717, 1.165) is 0 Å². The van der Waals surface area contributed by atoms with E-state index < -0.39 is 48.5 Å². The molecule has 1 fully saturated rings. The van der Waals surface area contributed by atoms with Gasteiger partial charge in [-0.1, -0.05) is 0 Å². The van der Waals surface area contributed by atoms with Gasteiger partial charge in [0.15, 0.2) is 23.0 Å². The van der Waals surface area contributed by atoms with Crippen molar-refractivity contribution < 1.29 is 52.6 Å². The first-order chi connectivity index (χ1) is 19.2. The molecule has 1 aliphatic heterocycles. The molecule has 2 heterocycles. The lowest BCUT2D eigenvalue weighted by Crippen LogP contribution is -2.59. The molecule has 4 N–H and O–H groups in total. The predicted molar refractivity (Wildman–Crippen MR) is 139 cm³/mol. The summed E-state index contributed by atoms with van der Waals surface area (Å²) in [6, 6.07) is 7.60. The topological polar surface area (TPSA) is 166 Å².